The van der Waals surface area contributed by atoms with Crippen LogP contribution in [0.2, 0.25) is 0 Å². The topological polar surface area (TPSA) is 90.5 Å². The largest absolute Gasteiger partial charge is 0.492 e. The second-order valence-electron chi connectivity index (χ2n) is 8.31. The Kier molecular flexibility index (Phi) is 6.84. The van der Waals surface area contributed by atoms with Crippen LogP contribution in [-0.2, 0) is 11.3 Å². The maximum Gasteiger partial charge on any atom is 0.224 e. The third-order valence-electron chi connectivity index (χ3n) is 5.83. The number of likely N-dealkylation sites (tertiary alicyclic amines) is 1. The van der Waals surface area contributed by atoms with Gasteiger partial charge >= 0.3 is 0 Å². The van der Waals surface area contributed by atoms with Crippen LogP contribution >= 0.6 is 0 Å². The first-order valence-electron chi connectivity index (χ1n) is 10.8. The predicted molar refractivity (Wildman–Crippen MR) is 120 cm³/mol. The Morgan fingerprint density at radius 1 is 1.29 bits per heavy atom. The lowest BCUT2D eigenvalue weighted by atomic mass is 9.88. The van der Waals surface area contributed by atoms with Gasteiger partial charge in [-0.15, -0.1) is 0 Å². The maximum atomic E-state index is 12.7. The van der Waals surface area contributed by atoms with Crippen LogP contribution in [0.5, 0.6) is 5.75 Å². The summed E-state index contributed by atoms with van der Waals surface area (Å²) in [5.74, 6) is 0.848. The molecule has 164 valence electrons. The van der Waals surface area contributed by atoms with Gasteiger partial charge in [-0.05, 0) is 37.1 Å². The number of carbonyl (C=O) groups is 1. The average Bonchev–Trinajstić information content (AvgIpc) is 3.20. The van der Waals surface area contributed by atoms with Crippen molar-refractivity contribution in [3.63, 3.8) is 0 Å². The van der Waals surface area contributed by atoms with Crippen molar-refractivity contribution < 1.29 is 14.6 Å². The van der Waals surface area contributed by atoms with Crippen LogP contribution in [-0.4, -0.2) is 58.7 Å². The first-order chi connectivity index (χ1) is 15.1. The molecule has 0 spiro atoms. The van der Waals surface area contributed by atoms with Gasteiger partial charge in [0, 0.05) is 54.9 Å². The van der Waals surface area contributed by atoms with Crippen molar-refractivity contribution in [3.05, 3.63) is 60.0 Å². The van der Waals surface area contributed by atoms with Crippen LogP contribution in [0.15, 0.2) is 48.8 Å². The lowest BCUT2D eigenvalue weighted by Crippen LogP contribution is -2.47. The number of aliphatic hydroxyl groups excluding tert-OH is 1. The number of carbonyl (C=O) groups excluding carboxylic acids is 1. The Hall–Kier alpha value is -2.90. The van der Waals surface area contributed by atoms with E-state index in [4.69, 9.17) is 9.84 Å². The predicted octanol–water partition coefficient (Wildman–Crippen LogP) is 2.50. The normalized spacial score (nSPS) is 19.4. The Bertz CT molecular complexity index is 1000. The number of nitrogens with zero attached hydrogens (tertiary/aromatic N) is 2. The number of piperidine rings is 1. The van der Waals surface area contributed by atoms with E-state index in [9.17, 15) is 4.79 Å². The van der Waals surface area contributed by atoms with Crippen LogP contribution < -0.4 is 10.1 Å². The molecule has 7 nitrogen and oxygen atoms in total. The molecule has 31 heavy (non-hydrogen) atoms. The minimum absolute atomic E-state index is 0.000297. The molecule has 1 aliphatic rings. The van der Waals surface area contributed by atoms with Gasteiger partial charge in [0.25, 0.3) is 0 Å². The number of hydrogen-bond acceptors (Lipinski definition) is 5. The minimum Gasteiger partial charge on any atom is -0.492 e. The summed E-state index contributed by atoms with van der Waals surface area (Å²) in [6.45, 7) is 5.05. The number of aromatic nitrogens is 2. The summed E-state index contributed by atoms with van der Waals surface area (Å²) in [6, 6.07) is 12.1. The van der Waals surface area contributed by atoms with Gasteiger partial charge in [-0.3, -0.25) is 14.7 Å². The standard InChI is InChI=1S/C24H30N4O3/c1-17-6-7-21(12-26-17)31-16-18-10-19(24(30)25-8-9-29)14-28(13-18)15-20-11-27-23-5-3-2-4-22(20)23/h2-7,11-12,18-19,27,29H,8-10,13-16H2,1H3,(H,25,30)/t18-,19+/m0/s1. The van der Waals surface area contributed by atoms with Gasteiger partial charge in [-0.2, -0.15) is 0 Å². The summed E-state index contributed by atoms with van der Waals surface area (Å²) in [6.07, 6.45) is 4.57. The average molecular weight is 423 g/mol. The lowest BCUT2D eigenvalue weighted by molar-refractivity contribution is -0.128. The summed E-state index contributed by atoms with van der Waals surface area (Å²) in [7, 11) is 0. The zero-order chi connectivity index (χ0) is 21.6. The molecule has 1 amide bonds. The molecule has 0 radical (unpaired) electrons. The molecule has 0 bridgehead atoms. The number of hydrogen-bond donors (Lipinski definition) is 3. The van der Waals surface area contributed by atoms with Crippen LogP contribution in [0.25, 0.3) is 10.9 Å². The van der Waals surface area contributed by atoms with Crippen molar-refractivity contribution in [1.29, 1.82) is 0 Å². The summed E-state index contributed by atoms with van der Waals surface area (Å²) in [4.78, 5) is 22.6. The van der Waals surface area contributed by atoms with Gasteiger partial charge in [0.15, 0.2) is 0 Å². The molecule has 3 heterocycles. The fourth-order valence-electron chi connectivity index (χ4n) is 4.32. The fraction of sp³-hybridized carbons (Fsp3) is 0.417. The molecule has 2 aromatic heterocycles. The lowest BCUT2D eigenvalue weighted by Gasteiger charge is -2.37. The molecule has 1 saturated heterocycles. The molecule has 0 aliphatic carbocycles. The number of aromatic amines is 1. The van der Waals surface area contributed by atoms with Crippen LogP contribution in [0.1, 0.15) is 17.7 Å². The number of nitrogens with one attached hydrogen (secondary N) is 2. The molecular weight excluding hydrogens is 392 g/mol. The molecule has 3 aromatic rings. The second kappa shape index (κ2) is 9.94. The molecule has 1 aliphatic heterocycles. The van der Waals surface area contributed by atoms with E-state index >= 15 is 0 Å². The Morgan fingerprint density at radius 2 is 2.16 bits per heavy atom. The van der Waals surface area contributed by atoms with E-state index in [1.165, 1.54) is 10.9 Å². The van der Waals surface area contributed by atoms with Crippen molar-refractivity contribution in [2.24, 2.45) is 11.8 Å². The number of para-hydroxylation sites is 1. The number of benzene rings is 1. The number of ether oxygens (including phenoxy) is 1. The zero-order valence-corrected chi connectivity index (χ0v) is 17.9. The smallest absolute Gasteiger partial charge is 0.224 e. The van der Waals surface area contributed by atoms with Crippen molar-refractivity contribution in [3.8, 4) is 5.75 Å². The van der Waals surface area contributed by atoms with Crippen LogP contribution in [0, 0.1) is 18.8 Å². The molecule has 3 N–H and O–H groups in total. The van der Waals surface area contributed by atoms with Gasteiger partial charge in [-0.1, -0.05) is 18.2 Å². The highest BCUT2D eigenvalue weighted by Crippen LogP contribution is 2.27. The fourth-order valence-corrected chi connectivity index (χ4v) is 4.32. The first kappa shape index (κ1) is 21.3. The second-order valence-corrected chi connectivity index (χ2v) is 8.31. The Labute approximate surface area is 182 Å². The number of rotatable bonds is 8. The molecule has 4 rings (SSSR count). The van der Waals surface area contributed by atoms with Crippen molar-refractivity contribution in [2.75, 3.05) is 32.8 Å². The van der Waals surface area contributed by atoms with Crippen molar-refractivity contribution in [2.45, 2.75) is 19.9 Å². The molecule has 2 atom stereocenters. The molecule has 7 heteroatoms. The summed E-state index contributed by atoms with van der Waals surface area (Å²) < 4.78 is 6.00. The monoisotopic (exact) mass is 422 g/mol. The SMILES string of the molecule is Cc1ccc(OC[C@H]2C[C@@H](C(=O)NCCO)CN(Cc3c[nH]c4ccccc34)C2)cn1. The highest BCUT2D eigenvalue weighted by Gasteiger charge is 2.32. The van der Waals surface area contributed by atoms with Crippen molar-refractivity contribution >= 4 is 16.8 Å². The van der Waals surface area contributed by atoms with Crippen LogP contribution in [0.4, 0.5) is 0 Å². The third-order valence-corrected chi connectivity index (χ3v) is 5.83. The number of aryl methyl sites for hydroxylation is 1. The number of aliphatic hydroxyl groups is 1. The van der Waals surface area contributed by atoms with Gasteiger partial charge < -0.3 is 20.1 Å². The van der Waals surface area contributed by atoms with E-state index in [-0.39, 0.29) is 30.9 Å². The molecule has 1 aromatic carbocycles. The molecule has 0 unspecified atom stereocenters. The van der Waals surface area contributed by atoms with Crippen molar-refractivity contribution in [1.82, 2.24) is 20.2 Å². The maximum absolute atomic E-state index is 12.7. The van der Waals surface area contributed by atoms with Crippen LogP contribution in [0.3, 0.4) is 0 Å². The van der Waals surface area contributed by atoms with Gasteiger partial charge in [-0.25, -0.2) is 0 Å². The first-order valence-corrected chi connectivity index (χ1v) is 10.8. The summed E-state index contributed by atoms with van der Waals surface area (Å²) in [5, 5.41) is 13.1. The van der Waals surface area contributed by atoms with E-state index in [0.29, 0.717) is 13.2 Å². The van der Waals surface area contributed by atoms with E-state index in [1.807, 2.05) is 31.2 Å². The number of H-pyrrole nitrogens is 1. The zero-order valence-electron chi connectivity index (χ0n) is 17.9. The third kappa shape index (κ3) is 5.42. The molecule has 1 fully saturated rings. The Balaban J connectivity index is 1.45. The van der Waals surface area contributed by atoms with E-state index < -0.39 is 0 Å². The van der Waals surface area contributed by atoms with Gasteiger partial charge in [0.1, 0.15) is 5.75 Å². The number of fused-ring (bicyclic) bond motifs is 1. The Morgan fingerprint density at radius 3 is 2.97 bits per heavy atom. The quantitative estimate of drug-likeness (QED) is 0.519. The molecular formula is C24H30N4O3. The highest BCUT2D eigenvalue weighted by atomic mass is 16.5. The number of pyridine rings is 1. The molecule has 0 saturated carbocycles. The highest BCUT2D eigenvalue weighted by molar-refractivity contribution is 5.83. The van der Waals surface area contributed by atoms with Gasteiger partial charge in [0.2, 0.25) is 5.91 Å². The van der Waals surface area contributed by atoms with E-state index in [0.717, 1.165) is 36.5 Å². The summed E-state index contributed by atoms with van der Waals surface area (Å²) >= 11 is 0. The van der Waals surface area contributed by atoms with Gasteiger partial charge in [0.05, 0.1) is 25.3 Å². The minimum atomic E-state index is -0.129. The van der Waals surface area contributed by atoms with E-state index in [1.54, 1.807) is 6.20 Å². The van der Waals surface area contributed by atoms with E-state index in [2.05, 4.69) is 38.5 Å². The number of amides is 1. The summed E-state index contributed by atoms with van der Waals surface area (Å²) in [5.41, 5.74) is 3.31.